The van der Waals surface area contributed by atoms with Crippen molar-refractivity contribution >= 4 is 37.3 Å². The minimum atomic E-state index is -1.20. The van der Waals surface area contributed by atoms with Crippen molar-refractivity contribution < 1.29 is 33.8 Å². The molecule has 51 heavy (non-hydrogen) atoms. The molecule has 8 atom stereocenters. The molecule has 3 rings (SSSR count). The number of carbonyl (C=O) groups excluding carboxylic acids is 3. The van der Waals surface area contributed by atoms with Gasteiger partial charge >= 0.3 is 12.1 Å². The summed E-state index contributed by atoms with van der Waals surface area (Å²) in [5.74, 6) is -3.84. The van der Waals surface area contributed by atoms with Crippen LogP contribution in [0.1, 0.15) is 87.5 Å². The van der Waals surface area contributed by atoms with Crippen LogP contribution in [0, 0.1) is 17.8 Å². The lowest BCUT2D eigenvalue weighted by molar-refractivity contribution is -0.146. The summed E-state index contributed by atoms with van der Waals surface area (Å²) < 4.78 is 13.8. The Morgan fingerprint density at radius 1 is 1.20 bits per heavy atom. The number of nitrogens with two attached hydrogens (primary N) is 1. The molecule has 2 amide bonds. The molecule has 0 bridgehead atoms. The highest BCUT2D eigenvalue weighted by atomic mass is 16.6. The number of ketones is 1. The number of carboxylic acids is 1. The summed E-state index contributed by atoms with van der Waals surface area (Å²) in [6, 6.07) is 6.67. The van der Waals surface area contributed by atoms with E-state index in [2.05, 4.69) is 24.2 Å². The number of carbonyl (C=O) groups is 4. The number of unbranched alkanes of at least 4 members (excludes halogenated alkanes) is 1. The van der Waals surface area contributed by atoms with Crippen LogP contribution in [0.15, 0.2) is 30.5 Å². The fourth-order valence-corrected chi connectivity index (χ4v) is 7.27. The number of hydrogen-bond donors (Lipinski definition) is 2. The van der Waals surface area contributed by atoms with Crippen LogP contribution in [0.2, 0.25) is 5.82 Å². The molecule has 0 spiro atoms. The number of nitrogens with zero attached hydrogens (tertiary/aromatic N) is 5. The molecule has 0 unspecified atom stereocenters. The van der Waals surface area contributed by atoms with Crippen LogP contribution in [-0.2, 0) is 30.4 Å². The molecule has 280 valence electrons. The molecule has 0 saturated carbocycles. The van der Waals surface area contributed by atoms with Crippen LogP contribution in [0.5, 0.6) is 0 Å². The number of carboxylic acid groups (broad SMARTS) is 1. The number of ether oxygens (including phenoxy) is 2. The molecule has 1 aliphatic rings. The van der Waals surface area contributed by atoms with E-state index in [1.54, 1.807) is 21.4 Å². The number of anilines is 1. The van der Waals surface area contributed by atoms with Crippen molar-refractivity contribution in [1.29, 1.82) is 0 Å². The molecular weight excluding hydrogens is 651 g/mol. The second kappa shape index (κ2) is 17.5. The normalized spacial score (nSPS) is 21.6. The number of Topliss-reactive ketones (excluding diaryl/α,β-unsaturated/α-hetero) is 1. The molecule has 2 heterocycles. The van der Waals surface area contributed by atoms with Gasteiger partial charge in [0, 0.05) is 51.3 Å². The van der Waals surface area contributed by atoms with Crippen molar-refractivity contribution in [3.8, 4) is 11.3 Å². The lowest BCUT2D eigenvalue weighted by Gasteiger charge is -2.44. The highest BCUT2D eigenvalue weighted by molar-refractivity contribution is 6.15. The average molecular weight is 709 g/mol. The first-order valence-electron chi connectivity index (χ1n) is 18.0. The Morgan fingerprint density at radius 2 is 1.86 bits per heavy atom. The SMILES string of the molecule is [B][C@H](CC(=O)[C@@H](C)C(=O)O)[C@@](C)(C[C@@H](C)CN(C(C)=O)[C@H](C)[C@H]1N(CCCCn2cc(-c3cccc(N)c3)nn2)C(=O)O[C@]1(C)[C@H](C)CC)OC. The first-order valence-corrected chi connectivity index (χ1v) is 18.0. The quantitative estimate of drug-likeness (QED) is 0.0803. The summed E-state index contributed by atoms with van der Waals surface area (Å²) in [4.78, 5) is 54.3. The minimum Gasteiger partial charge on any atom is -0.481 e. The van der Waals surface area contributed by atoms with E-state index in [0.717, 1.165) is 24.1 Å². The number of cyclic esters (lactones) is 1. The van der Waals surface area contributed by atoms with Crippen LogP contribution in [0.25, 0.3) is 11.3 Å². The van der Waals surface area contributed by atoms with Crippen LogP contribution in [0.4, 0.5) is 10.5 Å². The van der Waals surface area contributed by atoms with E-state index in [1.807, 2.05) is 51.2 Å². The second-order valence-corrected chi connectivity index (χ2v) is 14.8. The molecule has 13 nitrogen and oxygen atoms in total. The van der Waals surface area contributed by atoms with E-state index in [0.29, 0.717) is 38.2 Å². The number of methoxy groups -OCH3 is 1. The number of aromatic nitrogens is 3. The predicted molar refractivity (Wildman–Crippen MR) is 196 cm³/mol. The lowest BCUT2D eigenvalue weighted by Crippen LogP contribution is -2.60. The van der Waals surface area contributed by atoms with Crippen LogP contribution < -0.4 is 5.73 Å². The largest absolute Gasteiger partial charge is 0.481 e. The van der Waals surface area contributed by atoms with Gasteiger partial charge in [0.1, 0.15) is 23.0 Å². The highest BCUT2D eigenvalue weighted by Crippen LogP contribution is 2.41. The monoisotopic (exact) mass is 708 g/mol. The zero-order valence-corrected chi connectivity index (χ0v) is 31.8. The van der Waals surface area contributed by atoms with Crippen molar-refractivity contribution in [2.75, 3.05) is 25.9 Å². The van der Waals surface area contributed by atoms with Gasteiger partial charge in [0.05, 0.1) is 31.7 Å². The van der Waals surface area contributed by atoms with E-state index in [4.69, 9.17) is 23.1 Å². The Labute approximate surface area is 304 Å². The molecule has 1 aliphatic heterocycles. The molecule has 14 heteroatoms. The molecule has 1 saturated heterocycles. The van der Waals surface area contributed by atoms with Gasteiger partial charge in [0.25, 0.3) is 0 Å². The fraction of sp³-hybridized carbons (Fsp3) is 0.676. The third kappa shape index (κ3) is 9.90. The molecule has 1 aromatic heterocycles. The Kier molecular flexibility index (Phi) is 14.3. The second-order valence-electron chi connectivity index (χ2n) is 14.8. The summed E-state index contributed by atoms with van der Waals surface area (Å²) in [6.45, 7) is 16.1. The van der Waals surface area contributed by atoms with Gasteiger partial charge in [-0.05, 0) is 83.2 Å². The van der Waals surface area contributed by atoms with Gasteiger partial charge in [0.15, 0.2) is 0 Å². The highest BCUT2D eigenvalue weighted by Gasteiger charge is 2.56. The predicted octanol–water partition coefficient (Wildman–Crippen LogP) is 5.24. The third-order valence-corrected chi connectivity index (χ3v) is 11.0. The first kappa shape index (κ1) is 41.5. The fourth-order valence-electron chi connectivity index (χ4n) is 7.27. The van der Waals surface area contributed by atoms with Crippen LogP contribution in [-0.4, -0.2) is 105 Å². The summed E-state index contributed by atoms with van der Waals surface area (Å²) in [5.41, 5.74) is 6.40. The van der Waals surface area contributed by atoms with Gasteiger partial charge in [-0.2, -0.15) is 0 Å². The van der Waals surface area contributed by atoms with E-state index >= 15 is 0 Å². The Morgan fingerprint density at radius 3 is 2.45 bits per heavy atom. The van der Waals surface area contributed by atoms with Gasteiger partial charge in [-0.1, -0.05) is 38.1 Å². The molecule has 0 aliphatic carbocycles. The van der Waals surface area contributed by atoms with Crippen molar-refractivity contribution in [1.82, 2.24) is 24.8 Å². The molecule has 3 N–H and O–H groups in total. The van der Waals surface area contributed by atoms with Crippen LogP contribution in [0.3, 0.4) is 0 Å². The standard InChI is InChI=1S/C37H57BN6O7/c1-10-24(3)37(8)33(43(35(49)51-37)17-12-11-16-42-22-30(40-41-42)28-14-13-15-29(39)18-28)26(5)44(27(6)45)21-23(2)20-36(7,50-9)32(38)19-31(46)25(4)34(47)48/h13-15,18,22-26,32-33H,10-12,16-17,19-21,39H2,1-9H3,(H,47,48)/t23-,24-,25-,26-,32-,33-,36-,37-/m1/s1. The van der Waals surface area contributed by atoms with E-state index in [9.17, 15) is 24.3 Å². The van der Waals surface area contributed by atoms with Crippen molar-refractivity contribution in [3.05, 3.63) is 30.5 Å². The number of nitrogen functional groups attached to an aromatic ring is 1. The Bertz CT molecular complexity index is 1520. The number of aliphatic carboxylic acids is 1. The Balaban J connectivity index is 1.74. The lowest BCUT2D eigenvalue weighted by atomic mass is 9.67. The van der Waals surface area contributed by atoms with Crippen molar-refractivity contribution in [2.45, 2.75) is 123 Å². The summed E-state index contributed by atoms with van der Waals surface area (Å²) in [7, 11) is 7.97. The molecule has 2 aromatic rings. The first-order chi connectivity index (χ1) is 23.9. The maximum atomic E-state index is 13.5. The van der Waals surface area contributed by atoms with Gasteiger partial charge in [0.2, 0.25) is 5.91 Å². The number of benzene rings is 1. The summed E-state index contributed by atoms with van der Waals surface area (Å²) >= 11 is 0. The summed E-state index contributed by atoms with van der Waals surface area (Å²) in [5, 5.41) is 17.8. The maximum Gasteiger partial charge on any atom is 0.410 e. The average Bonchev–Trinajstić information content (AvgIpc) is 3.65. The number of hydrogen-bond acceptors (Lipinski definition) is 9. The zero-order valence-electron chi connectivity index (χ0n) is 31.8. The van der Waals surface area contributed by atoms with Gasteiger partial charge in [-0.15, -0.1) is 5.10 Å². The van der Waals surface area contributed by atoms with Gasteiger partial charge < -0.3 is 25.2 Å². The molecular formula is C37H57BN6O7. The topological polar surface area (TPSA) is 170 Å². The minimum absolute atomic E-state index is 0.0197. The zero-order chi connectivity index (χ0) is 38.3. The van der Waals surface area contributed by atoms with Crippen molar-refractivity contribution in [3.63, 3.8) is 0 Å². The molecule has 1 aromatic carbocycles. The van der Waals surface area contributed by atoms with E-state index in [-0.39, 0.29) is 24.2 Å². The maximum absolute atomic E-state index is 13.5. The van der Waals surface area contributed by atoms with Crippen LogP contribution >= 0.6 is 0 Å². The van der Waals surface area contributed by atoms with E-state index in [1.165, 1.54) is 21.0 Å². The van der Waals surface area contributed by atoms with E-state index < -0.39 is 52.9 Å². The smallest absolute Gasteiger partial charge is 0.410 e. The summed E-state index contributed by atoms with van der Waals surface area (Å²) in [6.07, 6.45) is 3.94. The van der Waals surface area contributed by atoms with Gasteiger partial charge in [-0.25, -0.2) is 4.79 Å². The molecule has 2 radical (unpaired) electrons. The molecule has 1 fully saturated rings. The number of aryl methyl sites for hydroxylation is 1. The number of rotatable bonds is 20. The van der Waals surface area contributed by atoms with Crippen molar-refractivity contribution in [2.24, 2.45) is 17.8 Å². The Hall–Kier alpha value is -3.94. The van der Waals surface area contributed by atoms with Gasteiger partial charge in [-0.3, -0.25) is 24.0 Å². The number of amides is 2. The third-order valence-electron chi connectivity index (χ3n) is 11.0.